The zero-order valence-electron chi connectivity index (χ0n) is 16.9. The van der Waals surface area contributed by atoms with E-state index in [0.717, 1.165) is 28.6 Å². The van der Waals surface area contributed by atoms with Gasteiger partial charge in [-0.1, -0.05) is 24.3 Å². The van der Waals surface area contributed by atoms with Crippen molar-refractivity contribution in [3.8, 4) is 5.75 Å². The van der Waals surface area contributed by atoms with Crippen molar-refractivity contribution in [2.75, 3.05) is 20.2 Å². The molecule has 0 aliphatic carbocycles. The van der Waals surface area contributed by atoms with Crippen LogP contribution in [0, 0.1) is 0 Å². The predicted octanol–water partition coefficient (Wildman–Crippen LogP) is 4.19. The van der Waals surface area contributed by atoms with Gasteiger partial charge in [-0.2, -0.15) is 0 Å². The normalized spacial score (nSPS) is 12.8. The monoisotopic (exact) mass is 356 g/mol. The molecule has 0 saturated carbocycles. The quantitative estimate of drug-likeness (QED) is 0.771. The van der Waals surface area contributed by atoms with E-state index in [-0.39, 0.29) is 11.8 Å². The molecule has 1 amide bonds. The van der Waals surface area contributed by atoms with Gasteiger partial charge in [0.1, 0.15) is 5.75 Å². The maximum absolute atomic E-state index is 12.6. The minimum Gasteiger partial charge on any atom is -0.497 e. The van der Waals surface area contributed by atoms with Gasteiger partial charge in [-0.25, -0.2) is 0 Å². The molecule has 0 spiro atoms. The van der Waals surface area contributed by atoms with E-state index in [2.05, 4.69) is 50.0 Å². The molecular formula is C22H32N2O2. The predicted molar refractivity (Wildman–Crippen MR) is 109 cm³/mol. The summed E-state index contributed by atoms with van der Waals surface area (Å²) in [6.45, 7) is 12.3. The summed E-state index contributed by atoms with van der Waals surface area (Å²) in [5.74, 6) is 0.745. The van der Waals surface area contributed by atoms with Crippen molar-refractivity contribution in [1.29, 1.82) is 0 Å². The number of hydrogen-bond donors (Lipinski definition) is 1. The lowest BCUT2D eigenvalue weighted by atomic mass is 9.97. The van der Waals surface area contributed by atoms with Crippen LogP contribution in [0.15, 0.2) is 36.4 Å². The average molecular weight is 357 g/mol. The Morgan fingerprint density at radius 1 is 1.00 bits per heavy atom. The van der Waals surface area contributed by atoms with Crippen LogP contribution in [0.3, 0.4) is 0 Å². The highest BCUT2D eigenvalue weighted by molar-refractivity contribution is 5.88. The summed E-state index contributed by atoms with van der Waals surface area (Å²) in [6, 6.07) is 13.1. The maximum atomic E-state index is 12.6. The number of benzene rings is 2. The number of ether oxygens (including phenoxy) is 1. The molecule has 0 aromatic heterocycles. The molecule has 0 radical (unpaired) electrons. The highest BCUT2D eigenvalue weighted by Crippen LogP contribution is 2.25. The smallest absolute Gasteiger partial charge is 0.227 e. The molecule has 4 nitrogen and oxygen atoms in total. The second-order valence-electron chi connectivity index (χ2n) is 7.41. The lowest BCUT2D eigenvalue weighted by Crippen LogP contribution is -2.43. The lowest BCUT2D eigenvalue weighted by molar-refractivity contribution is -0.122. The fraction of sp³-hybridized carbons (Fsp3) is 0.500. The molecule has 0 unspecified atom stereocenters. The fourth-order valence-corrected chi connectivity index (χ4v) is 3.36. The molecule has 0 saturated heterocycles. The Hall–Kier alpha value is -2.07. The van der Waals surface area contributed by atoms with Gasteiger partial charge < -0.3 is 10.1 Å². The average Bonchev–Trinajstić information content (AvgIpc) is 2.62. The van der Waals surface area contributed by atoms with Crippen LogP contribution in [0.5, 0.6) is 5.75 Å². The second-order valence-corrected chi connectivity index (χ2v) is 7.41. The minimum absolute atomic E-state index is 0.0744. The summed E-state index contributed by atoms with van der Waals surface area (Å²) in [5, 5.41) is 5.32. The number of fused-ring (bicyclic) bond motifs is 1. The first-order chi connectivity index (χ1) is 12.3. The van der Waals surface area contributed by atoms with Crippen molar-refractivity contribution in [2.45, 2.75) is 52.6 Å². The number of amides is 1. The first kappa shape index (κ1) is 20.2. The zero-order chi connectivity index (χ0) is 19.3. The summed E-state index contributed by atoms with van der Waals surface area (Å²) >= 11 is 0. The Bertz CT molecular complexity index is 732. The Balaban J connectivity index is 2.00. The van der Waals surface area contributed by atoms with Gasteiger partial charge in [-0.15, -0.1) is 0 Å². The van der Waals surface area contributed by atoms with Crippen LogP contribution >= 0.6 is 0 Å². The molecule has 0 heterocycles. The largest absolute Gasteiger partial charge is 0.497 e. The van der Waals surface area contributed by atoms with Crippen molar-refractivity contribution in [1.82, 2.24) is 10.2 Å². The number of methoxy groups -OCH3 is 1. The van der Waals surface area contributed by atoms with Gasteiger partial charge in [0.25, 0.3) is 0 Å². The molecule has 26 heavy (non-hydrogen) atoms. The van der Waals surface area contributed by atoms with E-state index in [9.17, 15) is 4.79 Å². The van der Waals surface area contributed by atoms with Crippen LogP contribution in [0.25, 0.3) is 10.8 Å². The van der Waals surface area contributed by atoms with Gasteiger partial charge in [0.15, 0.2) is 0 Å². The summed E-state index contributed by atoms with van der Waals surface area (Å²) < 4.78 is 5.27. The second kappa shape index (κ2) is 9.04. The van der Waals surface area contributed by atoms with Crippen LogP contribution in [-0.4, -0.2) is 43.1 Å². The van der Waals surface area contributed by atoms with E-state index in [1.165, 1.54) is 0 Å². The van der Waals surface area contributed by atoms with Crippen LogP contribution < -0.4 is 10.1 Å². The number of carbonyl (C=O) groups excluding carboxylic acids is 1. The van der Waals surface area contributed by atoms with Gasteiger partial charge in [0, 0.05) is 25.2 Å². The SMILES string of the molecule is COc1ccc2cc([C@H](C)C(=O)NCCN(C(C)C)C(C)C)ccc2c1. The number of nitrogens with zero attached hydrogens (tertiary/aromatic N) is 1. The fourth-order valence-electron chi connectivity index (χ4n) is 3.36. The number of rotatable bonds is 8. The number of nitrogens with one attached hydrogen (secondary N) is 1. The standard InChI is InChI=1S/C22H32N2O2/c1-15(2)24(16(3)4)12-11-23-22(25)17(5)18-7-8-20-14-21(26-6)10-9-19(20)13-18/h7-10,13-17H,11-12H2,1-6H3,(H,23,25)/t17-/m0/s1. The van der Waals surface area contributed by atoms with Crippen molar-refractivity contribution in [2.24, 2.45) is 0 Å². The Labute approximate surface area is 157 Å². The topological polar surface area (TPSA) is 41.6 Å². The summed E-state index contributed by atoms with van der Waals surface area (Å²) in [6.07, 6.45) is 0. The third kappa shape index (κ3) is 4.98. The molecule has 1 atom stereocenters. The van der Waals surface area contributed by atoms with E-state index in [1.54, 1.807) is 7.11 Å². The maximum Gasteiger partial charge on any atom is 0.227 e. The molecular weight excluding hydrogens is 324 g/mol. The highest BCUT2D eigenvalue weighted by Gasteiger charge is 2.17. The van der Waals surface area contributed by atoms with Crippen LogP contribution in [0.2, 0.25) is 0 Å². The van der Waals surface area contributed by atoms with E-state index in [1.807, 2.05) is 31.2 Å². The number of hydrogen-bond acceptors (Lipinski definition) is 3. The molecule has 142 valence electrons. The zero-order valence-corrected chi connectivity index (χ0v) is 16.9. The van der Waals surface area contributed by atoms with Crippen LogP contribution in [-0.2, 0) is 4.79 Å². The Morgan fingerprint density at radius 3 is 2.23 bits per heavy atom. The van der Waals surface area contributed by atoms with Gasteiger partial charge in [0.05, 0.1) is 13.0 Å². The highest BCUT2D eigenvalue weighted by atomic mass is 16.5. The van der Waals surface area contributed by atoms with Gasteiger partial charge in [-0.05, 0) is 63.1 Å². The van der Waals surface area contributed by atoms with E-state index >= 15 is 0 Å². The molecule has 0 bridgehead atoms. The van der Waals surface area contributed by atoms with Crippen molar-refractivity contribution >= 4 is 16.7 Å². The van der Waals surface area contributed by atoms with Crippen molar-refractivity contribution < 1.29 is 9.53 Å². The molecule has 0 aliphatic heterocycles. The number of carbonyl (C=O) groups is 1. The van der Waals surface area contributed by atoms with E-state index in [4.69, 9.17) is 4.74 Å². The van der Waals surface area contributed by atoms with Crippen molar-refractivity contribution in [3.05, 3.63) is 42.0 Å². The molecule has 2 rings (SSSR count). The van der Waals surface area contributed by atoms with E-state index in [0.29, 0.717) is 18.6 Å². The minimum atomic E-state index is -0.173. The molecule has 1 N–H and O–H groups in total. The van der Waals surface area contributed by atoms with Crippen LogP contribution in [0.1, 0.15) is 46.1 Å². The molecule has 0 fully saturated rings. The third-order valence-electron chi connectivity index (χ3n) is 4.96. The molecule has 2 aromatic rings. The van der Waals surface area contributed by atoms with Gasteiger partial charge in [0.2, 0.25) is 5.91 Å². The van der Waals surface area contributed by atoms with Crippen molar-refractivity contribution in [3.63, 3.8) is 0 Å². The summed E-state index contributed by atoms with van der Waals surface area (Å²) in [7, 11) is 1.67. The Kier molecular flexibility index (Phi) is 7.04. The van der Waals surface area contributed by atoms with Gasteiger partial charge >= 0.3 is 0 Å². The molecule has 2 aromatic carbocycles. The van der Waals surface area contributed by atoms with E-state index < -0.39 is 0 Å². The molecule has 0 aliphatic rings. The first-order valence-electron chi connectivity index (χ1n) is 9.44. The summed E-state index contributed by atoms with van der Waals surface area (Å²) in [5.41, 5.74) is 1.03. The lowest BCUT2D eigenvalue weighted by Gasteiger charge is -2.30. The molecule has 4 heteroatoms. The Morgan fingerprint density at radius 2 is 1.62 bits per heavy atom. The first-order valence-corrected chi connectivity index (χ1v) is 9.44. The van der Waals surface area contributed by atoms with Crippen LogP contribution in [0.4, 0.5) is 0 Å². The van der Waals surface area contributed by atoms with Gasteiger partial charge in [-0.3, -0.25) is 9.69 Å². The third-order valence-corrected chi connectivity index (χ3v) is 4.96. The summed E-state index contributed by atoms with van der Waals surface area (Å²) in [4.78, 5) is 14.9.